The summed E-state index contributed by atoms with van der Waals surface area (Å²) < 4.78 is 6.20. The van der Waals surface area contributed by atoms with Crippen molar-refractivity contribution in [3.63, 3.8) is 0 Å². The van der Waals surface area contributed by atoms with Crippen molar-refractivity contribution in [1.82, 2.24) is 5.32 Å². The van der Waals surface area contributed by atoms with Crippen molar-refractivity contribution in [1.29, 1.82) is 0 Å². The van der Waals surface area contributed by atoms with E-state index in [1.807, 2.05) is 12.1 Å². The van der Waals surface area contributed by atoms with Gasteiger partial charge in [0.2, 0.25) is 0 Å². The fourth-order valence-electron chi connectivity index (χ4n) is 1.24. The zero-order valence-corrected chi connectivity index (χ0v) is 10.2. The van der Waals surface area contributed by atoms with Crippen LogP contribution in [0.15, 0.2) is 21.2 Å². The standard InChI is InChI=1S/C10H17BrN2O/c1-3-7(2)13-8(6-12)9-4-5-10(11)14-9/h4-5,7-8,13H,3,6,12H2,1-2H3. The molecule has 80 valence electrons. The molecule has 1 heterocycles. The van der Waals surface area contributed by atoms with Crippen LogP contribution in [0.2, 0.25) is 0 Å². The summed E-state index contributed by atoms with van der Waals surface area (Å²) in [5.41, 5.74) is 5.68. The Bertz CT molecular complexity index is 275. The van der Waals surface area contributed by atoms with Crippen LogP contribution >= 0.6 is 15.9 Å². The zero-order valence-electron chi connectivity index (χ0n) is 8.59. The van der Waals surface area contributed by atoms with Crippen molar-refractivity contribution in [2.24, 2.45) is 5.73 Å². The van der Waals surface area contributed by atoms with Gasteiger partial charge in [-0.2, -0.15) is 0 Å². The summed E-state index contributed by atoms with van der Waals surface area (Å²) in [7, 11) is 0. The van der Waals surface area contributed by atoms with Gasteiger partial charge in [-0.05, 0) is 41.4 Å². The first-order valence-corrected chi connectivity index (χ1v) is 5.68. The average molecular weight is 261 g/mol. The van der Waals surface area contributed by atoms with Gasteiger partial charge in [-0.25, -0.2) is 0 Å². The molecule has 0 bridgehead atoms. The molecule has 2 atom stereocenters. The minimum Gasteiger partial charge on any atom is -0.453 e. The molecular formula is C10H17BrN2O. The van der Waals surface area contributed by atoms with Crippen LogP contribution in [-0.4, -0.2) is 12.6 Å². The number of rotatable bonds is 5. The molecule has 0 radical (unpaired) electrons. The van der Waals surface area contributed by atoms with Crippen molar-refractivity contribution in [2.75, 3.05) is 6.54 Å². The van der Waals surface area contributed by atoms with Crippen LogP contribution in [0.3, 0.4) is 0 Å². The molecule has 3 nitrogen and oxygen atoms in total. The second kappa shape index (κ2) is 5.53. The SMILES string of the molecule is CCC(C)NC(CN)c1ccc(Br)o1. The van der Waals surface area contributed by atoms with E-state index in [9.17, 15) is 0 Å². The van der Waals surface area contributed by atoms with Gasteiger partial charge in [0.1, 0.15) is 5.76 Å². The van der Waals surface area contributed by atoms with E-state index in [1.165, 1.54) is 0 Å². The van der Waals surface area contributed by atoms with Crippen molar-refractivity contribution in [3.8, 4) is 0 Å². The third-order valence-corrected chi connectivity index (χ3v) is 2.70. The molecule has 3 N–H and O–H groups in total. The third kappa shape index (κ3) is 3.12. The van der Waals surface area contributed by atoms with Crippen LogP contribution in [-0.2, 0) is 0 Å². The average Bonchev–Trinajstić information content (AvgIpc) is 2.60. The molecule has 1 aromatic rings. The largest absolute Gasteiger partial charge is 0.453 e. The Morgan fingerprint density at radius 1 is 1.57 bits per heavy atom. The Morgan fingerprint density at radius 3 is 2.71 bits per heavy atom. The Kier molecular flexibility index (Phi) is 4.65. The number of nitrogens with two attached hydrogens (primary N) is 1. The molecule has 1 aromatic heterocycles. The van der Waals surface area contributed by atoms with Crippen molar-refractivity contribution >= 4 is 15.9 Å². The number of furan rings is 1. The van der Waals surface area contributed by atoms with E-state index < -0.39 is 0 Å². The molecule has 14 heavy (non-hydrogen) atoms. The summed E-state index contributed by atoms with van der Waals surface area (Å²) in [6, 6.07) is 4.39. The molecule has 2 unspecified atom stereocenters. The maximum absolute atomic E-state index is 5.68. The Morgan fingerprint density at radius 2 is 2.29 bits per heavy atom. The highest BCUT2D eigenvalue weighted by molar-refractivity contribution is 9.10. The van der Waals surface area contributed by atoms with Gasteiger partial charge in [-0.15, -0.1) is 0 Å². The molecule has 0 aromatic carbocycles. The number of halogens is 1. The number of hydrogen-bond acceptors (Lipinski definition) is 3. The maximum Gasteiger partial charge on any atom is 0.169 e. The second-order valence-corrected chi connectivity index (χ2v) is 4.19. The lowest BCUT2D eigenvalue weighted by atomic mass is 10.1. The predicted octanol–water partition coefficient (Wildman–Crippen LogP) is 2.43. The lowest BCUT2D eigenvalue weighted by Crippen LogP contribution is -2.34. The smallest absolute Gasteiger partial charge is 0.169 e. The van der Waals surface area contributed by atoms with Gasteiger partial charge in [0, 0.05) is 12.6 Å². The number of hydrogen-bond donors (Lipinski definition) is 2. The van der Waals surface area contributed by atoms with Gasteiger partial charge in [0.05, 0.1) is 6.04 Å². The zero-order chi connectivity index (χ0) is 10.6. The molecule has 0 aliphatic carbocycles. The first-order chi connectivity index (χ1) is 6.67. The highest BCUT2D eigenvalue weighted by Gasteiger charge is 2.14. The van der Waals surface area contributed by atoms with E-state index >= 15 is 0 Å². The molecule has 0 aliphatic heterocycles. The van der Waals surface area contributed by atoms with Gasteiger partial charge in [0.25, 0.3) is 0 Å². The first-order valence-electron chi connectivity index (χ1n) is 4.88. The van der Waals surface area contributed by atoms with E-state index in [2.05, 4.69) is 35.1 Å². The minimum absolute atomic E-state index is 0.108. The summed E-state index contributed by atoms with van der Waals surface area (Å²) >= 11 is 3.28. The van der Waals surface area contributed by atoms with Crippen LogP contribution < -0.4 is 11.1 Å². The lowest BCUT2D eigenvalue weighted by Gasteiger charge is -2.19. The van der Waals surface area contributed by atoms with Gasteiger partial charge < -0.3 is 15.5 Å². The van der Waals surface area contributed by atoms with Gasteiger partial charge in [0.15, 0.2) is 4.67 Å². The van der Waals surface area contributed by atoms with Crippen LogP contribution in [0.1, 0.15) is 32.1 Å². The Labute approximate surface area is 93.2 Å². The summed E-state index contributed by atoms with van der Waals surface area (Å²) in [6.07, 6.45) is 1.08. The molecule has 0 fully saturated rings. The highest BCUT2D eigenvalue weighted by Crippen LogP contribution is 2.20. The number of nitrogens with one attached hydrogen (secondary N) is 1. The van der Waals surface area contributed by atoms with E-state index in [-0.39, 0.29) is 6.04 Å². The molecule has 0 aliphatic rings. The van der Waals surface area contributed by atoms with E-state index in [1.54, 1.807) is 0 Å². The van der Waals surface area contributed by atoms with E-state index in [0.29, 0.717) is 12.6 Å². The molecular weight excluding hydrogens is 244 g/mol. The fourth-order valence-corrected chi connectivity index (χ4v) is 1.56. The minimum atomic E-state index is 0.108. The van der Waals surface area contributed by atoms with Crippen LogP contribution in [0.4, 0.5) is 0 Å². The highest BCUT2D eigenvalue weighted by atomic mass is 79.9. The summed E-state index contributed by atoms with van der Waals surface area (Å²) in [4.78, 5) is 0. The maximum atomic E-state index is 5.68. The monoisotopic (exact) mass is 260 g/mol. The Balaban J connectivity index is 2.62. The predicted molar refractivity (Wildman–Crippen MR) is 61.1 cm³/mol. The van der Waals surface area contributed by atoms with Gasteiger partial charge >= 0.3 is 0 Å². The summed E-state index contributed by atoms with van der Waals surface area (Å²) in [5.74, 6) is 0.889. The Hall–Kier alpha value is -0.320. The van der Waals surface area contributed by atoms with Crippen molar-refractivity contribution in [3.05, 3.63) is 22.6 Å². The first kappa shape index (κ1) is 11.8. The second-order valence-electron chi connectivity index (χ2n) is 3.41. The molecule has 4 heteroatoms. The van der Waals surface area contributed by atoms with Crippen LogP contribution in [0.25, 0.3) is 0 Å². The molecule has 0 saturated carbocycles. The normalized spacial score (nSPS) is 15.4. The van der Waals surface area contributed by atoms with Crippen LogP contribution in [0, 0.1) is 0 Å². The molecule has 0 saturated heterocycles. The third-order valence-electron chi connectivity index (χ3n) is 2.27. The van der Waals surface area contributed by atoms with Crippen molar-refractivity contribution in [2.45, 2.75) is 32.4 Å². The summed E-state index contributed by atoms with van der Waals surface area (Å²) in [6.45, 7) is 4.83. The fraction of sp³-hybridized carbons (Fsp3) is 0.600. The lowest BCUT2D eigenvalue weighted by molar-refractivity contribution is 0.373. The molecule has 0 spiro atoms. The van der Waals surface area contributed by atoms with E-state index in [4.69, 9.17) is 10.2 Å². The molecule has 1 rings (SSSR count). The van der Waals surface area contributed by atoms with Crippen molar-refractivity contribution < 1.29 is 4.42 Å². The van der Waals surface area contributed by atoms with Crippen LogP contribution in [0.5, 0.6) is 0 Å². The summed E-state index contributed by atoms with van der Waals surface area (Å²) in [5, 5.41) is 3.41. The van der Waals surface area contributed by atoms with Gasteiger partial charge in [-0.1, -0.05) is 6.92 Å². The topological polar surface area (TPSA) is 51.2 Å². The molecule has 0 amide bonds. The van der Waals surface area contributed by atoms with E-state index in [0.717, 1.165) is 16.9 Å². The van der Waals surface area contributed by atoms with Gasteiger partial charge in [-0.3, -0.25) is 0 Å². The quantitative estimate of drug-likeness (QED) is 0.855.